The van der Waals surface area contributed by atoms with Gasteiger partial charge in [0.05, 0.1) is 17.4 Å². The Hall–Kier alpha value is -2.82. The number of aryl methyl sites for hydroxylation is 1. The summed E-state index contributed by atoms with van der Waals surface area (Å²) in [4.78, 5) is 18.2. The summed E-state index contributed by atoms with van der Waals surface area (Å²) in [6.45, 7) is 0.510. The number of benzene rings is 2. The number of imidazole rings is 1. The lowest BCUT2D eigenvalue weighted by atomic mass is 10.2. The van der Waals surface area contributed by atoms with Crippen LogP contribution in [0.3, 0.4) is 0 Å². The van der Waals surface area contributed by atoms with Gasteiger partial charge in [-0.3, -0.25) is 4.90 Å². The van der Waals surface area contributed by atoms with E-state index in [0.717, 1.165) is 22.3 Å². The molecule has 0 aliphatic carbocycles. The van der Waals surface area contributed by atoms with Crippen molar-refractivity contribution >= 4 is 22.8 Å². The molecule has 1 heterocycles. The minimum Gasteiger partial charge on any atom is -0.334 e. The summed E-state index contributed by atoms with van der Waals surface area (Å²) >= 11 is 0. The second-order valence-corrected chi connectivity index (χ2v) is 5.23. The Bertz CT molecular complexity index is 795. The maximum absolute atomic E-state index is 12.2. The van der Waals surface area contributed by atoms with Crippen molar-refractivity contribution in [2.45, 2.75) is 6.54 Å². The summed E-state index contributed by atoms with van der Waals surface area (Å²) < 4.78 is 1.95. The van der Waals surface area contributed by atoms with E-state index in [1.54, 1.807) is 18.3 Å². The molecule has 0 fully saturated rings. The van der Waals surface area contributed by atoms with Crippen LogP contribution in [0, 0.1) is 0 Å². The van der Waals surface area contributed by atoms with Crippen molar-refractivity contribution in [1.82, 2.24) is 14.9 Å². The molecule has 0 aliphatic heterocycles. The number of nitrogens with one attached hydrogen (secondary N) is 1. The number of carbonyl (C=O) groups is 1. The number of aromatic nitrogens is 2. The van der Waals surface area contributed by atoms with E-state index in [9.17, 15) is 4.79 Å². The SMILES string of the molecule is CN(C(=O)NCc1ccccc1)c1ccc2c(c1)ncn2C. The highest BCUT2D eigenvalue weighted by Crippen LogP contribution is 2.20. The van der Waals surface area contributed by atoms with Crippen LogP contribution in [0.4, 0.5) is 10.5 Å². The van der Waals surface area contributed by atoms with Gasteiger partial charge in [0.2, 0.25) is 0 Å². The molecule has 3 rings (SSSR count). The molecule has 0 atom stereocenters. The van der Waals surface area contributed by atoms with Crippen LogP contribution in [-0.2, 0) is 13.6 Å². The highest BCUT2D eigenvalue weighted by molar-refractivity contribution is 5.93. The van der Waals surface area contributed by atoms with E-state index in [0.29, 0.717) is 6.54 Å². The first-order valence-electron chi connectivity index (χ1n) is 7.12. The fourth-order valence-electron chi connectivity index (χ4n) is 2.34. The lowest BCUT2D eigenvalue weighted by Crippen LogP contribution is -2.36. The highest BCUT2D eigenvalue weighted by atomic mass is 16.2. The maximum atomic E-state index is 12.2. The number of hydrogen-bond acceptors (Lipinski definition) is 2. The number of anilines is 1. The van der Waals surface area contributed by atoms with E-state index in [1.807, 2.05) is 60.1 Å². The van der Waals surface area contributed by atoms with Crippen LogP contribution in [0.1, 0.15) is 5.56 Å². The number of rotatable bonds is 3. The van der Waals surface area contributed by atoms with Gasteiger partial charge in [-0.25, -0.2) is 9.78 Å². The van der Waals surface area contributed by atoms with Crippen molar-refractivity contribution in [2.75, 3.05) is 11.9 Å². The first-order chi connectivity index (χ1) is 10.6. The number of urea groups is 1. The average molecular weight is 294 g/mol. The Balaban J connectivity index is 1.71. The van der Waals surface area contributed by atoms with Gasteiger partial charge in [-0.05, 0) is 23.8 Å². The largest absolute Gasteiger partial charge is 0.334 e. The lowest BCUT2D eigenvalue weighted by molar-refractivity contribution is 0.247. The van der Waals surface area contributed by atoms with Crippen LogP contribution in [0.2, 0.25) is 0 Å². The predicted molar refractivity (Wildman–Crippen MR) is 87.8 cm³/mol. The van der Waals surface area contributed by atoms with Gasteiger partial charge in [0.25, 0.3) is 0 Å². The van der Waals surface area contributed by atoms with Gasteiger partial charge in [0, 0.05) is 26.3 Å². The summed E-state index contributed by atoms with van der Waals surface area (Å²) in [6.07, 6.45) is 1.77. The summed E-state index contributed by atoms with van der Waals surface area (Å²) in [5, 5.41) is 2.91. The molecule has 5 heteroatoms. The van der Waals surface area contributed by atoms with Crippen LogP contribution in [0.25, 0.3) is 11.0 Å². The zero-order valence-electron chi connectivity index (χ0n) is 12.7. The normalized spacial score (nSPS) is 10.6. The summed E-state index contributed by atoms with van der Waals surface area (Å²) in [5.74, 6) is 0. The van der Waals surface area contributed by atoms with Crippen molar-refractivity contribution in [3.05, 3.63) is 60.4 Å². The molecule has 0 bridgehead atoms. The Kier molecular flexibility index (Phi) is 3.78. The number of carbonyl (C=O) groups excluding carboxylic acids is 1. The standard InChI is InChI=1S/C17H18N4O/c1-20-12-19-15-10-14(8-9-16(15)20)21(2)17(22)18-11-13-6-4-3-5-7-13/h3-10,12H,11H2,1-2H3,(H,18,22). The number of amides is 2. The van der Waals surface area contributed by atoms with Gasteiger partial charge in [0.15, 0.2) is 0 Å². The van der Waals surface area contributed by atoms with Gasteiger partial charge < -0.3 is 9.88 Å². The fourth-order valence-corrected chi connectivity index (χ4v) is 2.34. The Labute approximate surface area is 129 Å². The minimum atomic E-state index is -0.140. The molecule has 3 aromatic rings. The van der Waals surface area contributed by atoms with Crippen LogP contribution in [-0.4, -0.2) is 22.6 Å². The molecule has 0 aliphatic rings. The van der Waals surface area contributed by atoms with E-state index >= 15 is 0 Å². The van der Waals surface area contributed by atoms with Crippen molar-refractivity contribution in [3.63, 3.8) is 0 Å². The first-order valence-corrected chi connectivity index (χ1v) is 7.12. The Morgan fingerprint density at radius 1 is 1.23 bits per heavy atom. The van der Waals surface area contributed by atoms with Gasteiger partial charge in [-0.2, -0.15) is 0 Å². The third-order valence-corrected chi connectivity index (χ3v) is 3.69. The number of hydrogen-bond donors (Lipinski definition) is 1. The zero-order valence-corrected chi connectivity index (χ0v) is 12.7. The Morgan fingerprint density at radius 3 is 2.77 bits per heavy atom. The smallest absolute Gasteiger partial charge is 0.321 e. The van der Waals surface area contributed by atoms with Gasteiger partial charge >= 0.3 is 6.03 Å². The van der Waals surface area contributed by atoms with Crippen molar-refractivity contribution < 1.29 is 4.79 Å². The molecule has 0 unspecified atom stereocenters. The minimum absolute atomic E-state index is 0.140. The van der Waals surface area contributed by atoms with Gasteiger partial charge in [-0.15, -0.1) is 0 Å². The molecule has 0 spiro atoms. The molecule has 2 aromatic carbocycles. The second kappa shape index (κ2) is 5.89. The lowest BCUT2D eigenvalue weighted by Gasteiger charge is -2.18. The monoisotopic (exact) mass is 294 g/mol. The number of nitrogens with zero attached hydrogens (tertiary/aromatic N) is 3. The molecular formula is C17H18N4O. The average Bonchev–Trinajstić information content (AvgIpc) is 2.93. The van der Waals surface area contributed by atoms with Crippen LogP contribution < -0.4 is 10.2 Å². The zero-order chi connectivity index (χ0) is 15.5. The molecule has 1 aromatic heterocycles. The number of fused-ring (bicyclic) bond motifs is 1. The van der Waals surface area contributed by atoms with Gasteiger partial charge in [0.1, 0.15) is 0 Å². The van der Waals surface area contributed by atoms with E-state index < -0.39 is 0 Å². The molecule has 0 radical (unpaired) electrons. The van der Waals surface area contributed by atoms with E-state index in [1.165, 1.54) is 0 Å². The van der Waals surface area contributed by atoms with E-state index in [2.05, 4.69) is 10.3 Å². The van der Waals surface area contributed by atoms with E-state index in [4.69, 9.17) is 0 Å². The molecule has 112 valence electrons. The third kappa shape index (κ3) is 2.79. The van der Waals surface area contributed by atoms with Crippen LogP contribution >= 0.6 is 0 Å². The quantitative estimate of drug-likeness (QED) is 0.807. The fraction of sp³-hybridized carbons (Fsp3) is 0.176. The maximum Gasteiger partial charge on any atom is 0.321 e. The van der Waals surface area contributed by atoms with Crippen molar-refractivity contribution in [2.24, 2.45) is 7.05 Å². The summed E-state index contributed by atoms with van der Waals surface area (Å²) in [6, 6.07) is 15.5. The van der Waals surface area contributed by atoms with Crippen LogP contribution in [0.15, 0.2) is 54.9 Å². The Morgan fingerprint density at radius 2 is 2.00 bits per heavy atom. The van der Waals surface area contributed by atoms with Gasteiger partial charge in [-0.1, -0.05) is 30.3 Å². The molecule has 1 N–H and O–H groups in total. The molecule has 0 saturated carbocycles. The van der Waals surface area contributed by atoms with Crippen molar-refractivity contribution in [1.29, 1.82) is 0 Å². The second-order valence-electron chi connectivity index (χ2n) is 5.23. The predicted octanol–water partition coefficient (Wildman–Crippen LogP) is 2.92. The molecular weight excluding hydrogens is 276 g/mol. The molecule has 22 heavy (non-hydrogen) atoms. The molecule has 5 nitrogen and oxygen atoms in total. The third-order valence-electron chi connectivity index (χ3n) is 3.69. The molecule has 0 saturated heterocycles. The summed E-state index contributed by atoms with van der Waals surface area (Å²) in [7, 11) is 3.70. The molecule has 2 amide bonds. The highest BCUT2D eigenvalue weighted by Gasteiger charge is 2.11. The van der Waals surface area contributed by atoms with Crippen LogP contribution in [0.5, 0.6) is 0 Å². The van der Waals surface area contributed by atoms with Crippen molar-refractivity contribution in [3.8, 4) is 0 Å². The first kappa shape index (κ1) is 14.1. The topological polar surface area (TPSA) is 50.2 Å². The summed E-state index contributed by atoms with van der Waals surface area (Å²) in [5.41, 5.74) is 3.81. The van der Waals surface area contributed by atoms with E-state index in [-0.39, 0.29) is 6.03 Å².